The Morgan fingerprint density at radius 1 is 1.06 bits per heavy atom. The summed E-state index contributed by atoms with van der Waals surface area (Å²) in [7, 11) is 0. The van der Waals surface area contributed by atoms with Gasteiger partial charge in [-0.05, 0) is 36.0 Å². The molecule has 0 saturated heterocycles. The lowest BCUT2D eigenvalue weighted by molar-refractivity contribution is -0.132. The molecule has 3 rings (SSSR count). The van der Waals surface area contributed by atoms with Crippen LogP contribution >= 0.6 is 0 Å². The highest BCUT2D eigenvalue weighted by molar-refractivity contribution is 5.94. The Labute approximate surface area is 188 Å². The molecule has 2 aromatic heterocycles. The van der Waals surface area contributed by atoms with Crippen molar-refractivity contribution in [3.05, 3.63) is 70.4 Å². The van der Waals surface area contributed by atoms with E-state index in [1.54, 1.807) is 13.1 Å². The fourth-order valence-electron chi connectivity index (χ4n) is 3.48. The van der Waals surface area contributed by atoms with Crippen LogP contribution in [0.25, 0.3) is 11.3 Å². The molecular formula is C25H28N4O3. The first-order valence-electron chi connectivity index (χ1n) is 10.4. The molecule has 1 aromatic carbocycles. The van der Waals surface area contributed by atoms with Crippen molar-refractivity contribution in [3.8, 4) is 17.0 Å². The summed E-state index contributed by atoms with van der Waals surface area (Å²) in [5.74, 6) is -0.956. The van der Waals surface area contributed by atoms with Gasteiger partial charge in [0.05, 0.1) is 11.4 Å². The third kappa shape index (κ3) is 5.17. The molecule has 0 bridgehead atoms. The average molecular weight is 433 g/mol. The Morgan fingerprint density at radius 3 is 2.25 bits per heavy atom. The van der Waals surface area contributed by atoms with Crippen molar-refractivity contribution >= 4 is 11.9 Å². The summed E-state index contributed by atoms with van der Waals surface area (Å²) in [5, 5.41) is 0. The largest absolute Gasteiger partial charge is 0.422 e. The highest BCUT2D eigenvalue weighted by atomic mass is 16.5. The normalized spacial score (nSPS) is 11.3. The third-order valence-corrected chi connectivity index (χ3v) is 5.08. The molecule has 0 spiro atoms. The average Bonchev–Trinajstić information content (AvgIpc) is 2.69. The first kappa shape index (κ1) is 23.1. The number of hydrogen-bond donors (Lipinski definition) is 1. The number of aryl methyl sites for hydroxylation is 2. The first-order chi connectivity index (χ1) is 15.0. The van der Waals surface area contributed by atoms with Crippen LogP contribution in [0.15, 0.2) is 36.5 Å². The van der Waals surface area contributed by atoms with Crippen LogP contribution in [0.5, 0.6) is 5.75 Å². The highest BCUT2D eigenvalue weighted by Gasteiger charge is 2.20. The Kier molecular flexibility index (Phi) is 6.39. The topological polar surface area (TPSA) is 108 Å². The van der Waals surface area contributed by atoms with Crippen molar-refractivity contribution in [2.45, 2.75) is 53.4 Å². The fourth-order valence-corrected chi connectivity index (χ4v) is 3.48. The molecule has 7 heteroatoms. The zero-order chi connectivity index (χ0) is 23.6. The molecule has 0 aliphatic rings. The highest BCUT2D eigenvalue weighted by Crippen LogP contribution is 2.27. The number of benzene rings is 1. The van der Waals surface area contributed by atoms with Crippen LogP contribution < -0.4 is 10.5 Å². The van der Waals surface area contributed by atoms with Crippen LogP contribution in [0.4, 0.5) is 0 Å². The molecule has 32 heavy (non-hydrogen) atoms. The number of nitrogens with zero attached hydrogens (tertiary/aromatic N) is 3. The summed E-state index contributed by atoms with van der Waals surface area (Å²) in [6, 6.07) is 10.5. The van der Waals surface area contributed by atoms with E-state index < -0.39 is 11.9 Å². The van der Waals surface area contributed by atoms with Gasteiger partial charge in [-0.3, -0.25) is 14.6 Å². The van der Waals surface area contributed by atoms with Gasteiger partial charge in [0.15, 0.2) is 11.4 Å². The van der Waals surface area contributed by atoms with Gasteiger partial charge in [-0.1, -0.05) is 51.1 Å². The molecular weight excluding hydrogens is 404 g/mol. The van der Waals surface area contributed by atoms with Crippen LogP contribution in [0.3, 0.4) is 0 Å². The van der Waals surface area contributed by atoms with Crippen molar-refractivity contribution in [3.63, 3.8) is 0 Å². The third-order valence-electron chi connectivity index (χ3n) is 5.08. The second-order valence-electron chi connectivity index (χ2n) is 8.87. The SMILES string of the molecule is CC(=O)Oc1c(C)nc(Cc2cnc(-c3ccc(C(C)(C)C)cc3)c(C)c2)nc1C(N)=O. The van der Waals surface area contributed by atoms with E-state index >= 15 is 0 Å². The molecule has 3 aromatic rings. The van der Waals surface area contributed by atoms with E-state index in [-0.39, 0.29) is 16.9 Å². The Morgan fingerprint density at radius 2 is 1.72 bits per heavy atom. The van der Waals surface area contributed by atoms with Crippen LogP contribution in [-0.2, 0) is 16.6 Å². The van der Waals surface area contributed by atoms with Crippen LogP contribution in [0.1, 0.15) is 66.4 Å². The minimum atomic E-state index is -0.781. The maximum absolute atomic E-state index is 11.8. The Hall–Kier alpha value is -3.61. The van der Waals surface area contributed by atoms with E-state index in [2.05, 4.69) is 60.0 Å². The monoisotopic (exact) mass is 432 g/mol. The van der Waals surface area contributed by atoms with Crippen molar-refractivity contribution in [1.82, 2.24) is 15.0 Å². The van der Waals surface area contributed by atoms with Crippen molar-refractivity contribution in [2.24, 2.45) is 5.73 Å². The molecule has 0 saturated carbocycles. The number of nitrogens with two attached hydrogens (primary N) is 1. The molecule has 0 atom stereocenters. The number of carbonyl (C=O) groups excluding carboxylic acids is 2. The summed E-state index contributed by atoms with van der Waals surface area (Å²) >= 11 is 0. The second kappa shape index (κ2) is 8.86. The van der Waals surface area contributed by atoms with Gasteiger partial charge in [0.1, 0.15) is 5.82 Å². The van der Waals surface area contributed by atoms with Crippen molar-refractivity contribution in [1.29, 1.82) is 0 Å². The zero-order valence-corrected chi connectivity index (χ0v) is 19.3. The summed E-state index contributed by atoms with van der Waals surface area (Å²) < 4.78 is 5.08. The Bertz CT molecular complexity index is 1180. The fraction of sp³-hybridized carbons (Fsp3) is 0.320. The van der Waals surface area contributed by atoms with E-state index in [1.807, 2.05) is 13.0 Å². The first-order valence-corrected chi connectivity index (χ1v) is 10.4. The van der Waals surface area contributed by atoms with Gasteiger partial charge < -0.3 is 10.5 Å². The lowest BCUT2D eigenvalue weighted by atomic mass is 9.86. The number of pyridine rings is 1. The number of rotatable bonds is 5. The van der Waals surface area contributed by atoms with E-state index in [0.29, 0.717) is 17.9 Å². The summed E-state index contributed by atoms with van der Waals surface area (Å²) in [5.41, 5.74) is 10.9. The number of esters is 1. The van der Waals surface area contributed by atoms with Crippen LogP contribution in [0.2, 0.25) is 0 Å². The lowest BCUT2D eigenvalue weighted by Gasteiger charge is -2.19. The van der Waals surface area contributed by atoms with Gasteiger partial charge in [-0.15, -0.1) is 0 Å². The number of primary amides is 1. The molecule has 7 nitrogen and oxygen atoms in total. The van der Waals surface area contributed by atoms with E-state index in [1.165, 1.54) is 12.5 Å². The van der Waals surface area contributed by atoms with E-state index in [9.17, 15) is 9.59 Å². The van der Waals surface area contributed by atoms with E-state index in [4.69, 9.17) is 10.5 Å². The maximum atomic E-state index is 11.8. The molecule has 0 aliphatic carbocycles. The quantitative estimate of drug-likeness (QED) is 0.609. The molecule has 0 unspecified atom stereocenters. The van der Waals surface area contributed by atoms with E-state index in [0.717, 1.165) is 22.4 Å². The van der Waals surface area contributed by atoms with Crippen molar-refractivity contribution < 1.29 is 14.3 Å². The van der Waals surface area contributed by atoms with Gasteiger partial charge in [-0.2, -0.15) is 0 Å². The molecule has 1 amide bonds. The van der Waals surface area contributed by atoms with Gasteiger partial charge in [0, 0.05) is 25.1 Å². The number of amides is 1. The van der Waals surface area contributed by atoms with Gasteiger partial charge >= 0.3 is 5.97 Å². The number of aromatic nitrogens is 3. The molecule has 166 valence electrons. The number of ether oxygens (including phenoxy) is 1. The zero-order valence-electron chi connectivity index (χ0n) is 19.3. The van der Waals surface area contributed by atoms with Crippen LogP contribution in [0, 0.1) is 13.8 Å². The minimum absolute atomic E-state index is 0.00268. The second-order valence-corrected chi connectivity index (χ2v) is 8.87. The van der Waals surface area contributed by atoms with Crippen molar-refractivity contribution in [2.75, 3.05) is 0 Å². The summed E-state index contributed by atoms with van der Waals surface area (Å²) in [4.78, 5) is 36.4. The van der Waals surface area contributed by atoms with Gasteiger partial charge in [0.2, 0.25) is 0 Å². The van der Waals surface area contributed by atoms with Gasteiger partial charge in [0.25, 0.3) is 5.91 Å². The predicted molar refractivity (Wildman–Crippen MR) is 123 cm³/mol. The molecule has 0 fully saturated rings. The molecule has 2 heterocycles. The predicted octanol–water partition coefficient (Wildman–Crippen LogP) is 4.07. The lowest BCUT2D eigenvalue weighted by Crippen LogP contribution is -2.19. The maximum Gasteiger partial charge on any atom is 0.308 e. The standard InChI is InChI=1S/C25H28N4O3/c1-14-11-17(13-27-21(14)18-7-9-19(10-8-18)25(4,5)6)12-20-28-15(2)23(32-16(3)30)22(29-20)24(26)31/h7-11,13H,12H2,1-6H3,(H2,26,31). The number of carbonyl (C=O) groups is 2. The van der Waals surface area contributed by atoms with Gasteiger partial charge in [-0.25, -0.2) is 9.97 Å². The molecule has 0 radical (unpaired) electrons. The minimum Gasteiger partial charge on any atom is -0.422 e. The Balaban J connectivity index is 1.89. The smallest absolute Gasteiger partial charge is 0.308 e. The molecule has 0 aliphatic heterocycles. The molecule has 2 N–H and O–H groups in total. The van der Waals surface area contributed by atoms with Crippen LogP contribution in [-0.4, -0.2) is 26.8 Å². The number of hydrogen-bond acceptors (Lipinski definition) is 6. The summed E-state index contributed by atoms with van der Waals surface area (Å²) in [6.07, 6.45) is 2.14. The summed E-state index contributed by atoms with van der Waals surface area (Å²) in [6.45, 7) is 11.5.